The Hall–Kier alpha value is -0.900. The summed E-state index contributed by atoms with van der Waals surface area (Å²) in [6.45, 7) is 5.51. The van der Waals surface area contributed by atoms with Gasteiger partial charge in [-0.2, -0.15) is 5.10 Å². The van der Waals surface area contributed by atoms with E-state index in [0.717, 1.165) is 16.9 Å². The van der Waals surface area contributed by atoms with Gasteiger partial charge in [-0.05, 0) is 12.5 Å². The minimum atomic E-state index is -0.0435. The predicted octanol–water partition coefficient (Wildman–Crippen LogP) is 0.875. The number of aromatic nitrogens is 2. The van der Waals surface area contributed by atoms with Gasteiger partial charge in [0.25, 0.3) is 0 Å². The smallest absolute Gasteiger partial charge is 0.255 e. The van der Waals surface area contributed by atoms with Gasteiger partial charge in [0.1, 0.15) is 5.01 Å². The lowest BCUT2D eigenvalue weighted by Crippen LogP contribution is -2.08. The molecule has 0 aliphatic carbocycles. The maximum absolute atomic E-state index is 10.8. The molecule has 1 aromatic heterocycles. The van der Waals surface area contributed by atoms with Gasteiger partial charge >= 0.3 is 4.87 Å². The molecule has 4 heteroatoms. The van der Waals surface area contributed by atoms with Gasteiger partial charge in [0.2, 0.25) is 0 Å². The van der Waals surface area contributed by atoms with Crippen LogP contribution in [-0.2, 0) is 7.05 Å². The molecule has 0 saturated carbocycles. The number of aryl methyl sites for hydroxylation is 1. The molecular weight excluding hydrogens is 148 g/mol. The molecule has 0 aromatic carbocycles. The first kappa shape index (κ1) is 7.21. The Labute approximate surface area is 62.6 Å². The van der Waals surface area contributed by atoms with Crippen LogP contribution >= 0.6 is 11.3 Å². The van der Waals surface area contributed by atoms with Crippen molar-refractivity contribution in [1.29, 1.82) is 0 Å². The zero-order chi connectivity index (χ0) is 7.72. The Morgan fingerprint density at radius 2 is 2.40 bits per heavy atom. The highest BCUT2D eigenvalue weighted by Crippen LogP contribution is 2.08. The van der Waals surface area contributed by atoms with Crippen LogP contribution < -0.4 is 4.87 Å². The maximum Gasteiger partial charge on any atom is 0.325 e. The molecule has 1 aromatic rings. The quantitative estimate of drug-likeness (QED) is 0.605. The van der Waals surface area contributed by atoms with Crippen molar-refractivity contribution in [2.45, 2.75) is 6.92 Å². The summed E-state index contributed by atoms with van der Waals surface area (Å²) in [4.78, 5) is 10.8. The molecule has 3 nitrogen and oxygen atoms in total. The summed E-state index contributed by atoms with van der Waals surface area (Å²) in [5, 5.41) is 4.65. The van der Waals surface area contributed by atoms with Crippen molar-refractivity contribution in [3.63, 3.8) is 0 Å². The number of hydrogen-bond acceptors (Lipinski definition) is 3. The molecular formula is C6H8N2OS. The van der Waals surface area contributed by atoms with Gasteiger partial charge in [-0.15, -0.1) is 0 Å². The summed E-state index contributed by atoms with van der Waals surface area (Å²) in [5.41, 5.74) is 0.836. The van der Waals surface area contributed by atoms with Gasteiger partial charge in [0.15, 0.2) is 0 Å². The molecule has 0 fully saturated rings. The average molecular weight is 156 g/mol. The molecule has 1 rings (SSSR count). The van der Waals surface area contributed by atoms with E-state index in [-0.39, 0.29) is 4.87 Å². The van der Waals surface area contributed by atoms with Crippen molar-refractivity contribution in [3.05, 3.63) is 21.3 Å². The van der Waals surface area contributed by atoms with Gasteiger partial charge in [-0.25, -0.2) is 4.68 Å². The van der Waals surface area contributed by atoms with E-state index >= 15 is 0 Å². The minimum Gasteiger partial charge on any atom is -0.255 e. The molecule has 0 atom stereocenters. The monoisotopic (exact) mass is 156 g/mol. The highest BCUT2D eigenvalue weighted by molar-refractivity contribution is 7.10. The Kier molecular flexibility index (Phi) is 1.72. The van der Waals surface area contributed by atoms with Crippen LogP contribution in [0.3, 0.4) is 0 Å². The lowest BCUT2D eigenvalue weighted by molar-refractivity contribution is 0.738. The number of allylic oxidation sites excluding steroid dienone is 1. The van der Waals surface area contributed by atoms with Crippen molar-refractivity contribution < 1.29 is 0 Å². The molecule has 0 aliphatic heterocycles. The lowest BCUT2D eigenvalue weighted by Gasteiger charge is -1.85. The molecule has 0 spiro atoms. The fraction of sp³-hybridized carbons (Fsp3) is 0.333. The summed E-state index contributed by atoms with van der Waals surface area (Å²) in [6, 6.07) is 0. The predicted molar refractivity (Wildman–Crippen MR) is 42.1 cm³/mol. The molecule has 0 aliphatic rings. The van der Waals surface area contributed by atoms with Crippen molar-refractivity contribution in [3.8, 4) is 0 Å². The Bertz CT molecular complexity index is 310. The summed E-state index contributed by atoms with van der Waals surface area (Å²) >= 11 is 1.12. The molecule has 0 unspecified atom stereocenters. The third-order valence-corrected chi connectivity index (χ3v) is 2.12. The molecule has 54 valence electrons. The number of hydrogen-bond donors (Lipinski definition) is 0. The topological polar surface area (TPSA) is 34.9 Å². The molecule has 0 saturated heterocycles. The molecule has 10 heavy (non-hydrogen) atoms. The van der Waals surface area contributed by atoms with Crippen LogP contribution in [0.25, 0.3) is 5.57 Å². The van der Waals surface area contributed by atoms with Crippen LogP contribution in [-0.4, -0.2) is 9.78 Å². The van der Waals surface area contributed by atoms with E-state index in [4.69, 9.17) is 0 Å². The van der Waals surface area contributed by atoms with Gasteiger partial charge in [-0.3, -0.25) is 4.79 Å². The first-order valence-electron chi connectivity index (χ1n) is 2.81. The van der Waals surface area contributed by atoms with Crippen LogP contribution in [0.1, 0.15) is 11.9 Å². The maximum atomic E-state index is 10.8. The van der Waals surface area contributed by atoms with E-state index in [0.29, 0.717) is 5.01 Å². The molecule has 0 N–H and O–H groups in total. The van der Waals surface area contributed by atoms with Crippen molar-refractivity contribution in [2.75, 3.05) is 0 Å². The van der Waals surface area contributed by atoms with E-state index in [9.17, 15) is 4.79 Å². The number of rotatable bonds is 1. The Balaban J connectivity index is 3.23. The third-order valence-electron chi connectivity index (χ3n) is 1.05. The van der Waals surface area contributed by atoms with Gasteiger partial charge in [0.05, 0.1) is 0 Å². The second-order valence-corrected chi connectivity index (χ2v) is 3.02. The fourth-order valence-corrected chi connectivity index (χ4v) is 1.19. The van der Waals surface area contributed by atoms with Crippen LogP contribution in [0.5, 0.6) is 0 Å². The molecule has 0 bridgehead atoms. The number of nitrogens with zero attached hydrogens (tertiary/aromatic N) is 2. The van der Waals surface area contributed by atoms with E-state index < -0.39 is 0 Å². The Morgan fingerprint density at radius 3 is 2.60 bits per heavy atom. The van der Waals surface area contributed by atoms with Crippen LogP contribution in [0, 0.1) is 0 Å². The summed E-state index contributed by atoms with van der Waals surface area (Å²) in [5.74, 6) is 0. The Morgan fingerprint density at radius 1 is 1.80 bits per heavy atom. The SMILES string of the molecule is C=C(C)c1nn(C)c(=O)s1. The fourth-order valence-electron chi connectivity index (χ4n) is 0.519. The summed E-state index contributed by atoms with van der Waals surface area (Å²) in [7, 11) is 1.63. The molecule has 1 heterocycles. The van der Waals surface area contributed by atoms with Crippen LogP contribution in [0.2, 0.25) is 0 Å². The van der Waals surface area contributed by atoms with Gasteiger partial charge < -0.3 is 0 Å². The zero-order valence-corrected chi connectivity index (χ0v) is 6.73. The van der Waals surface area contributed by atoms with Gasteiger partial charge in [-0.1, -0.05) is 17.9 Å². The normalized spacial score (nSPS) is 9.80. The third kappa shape index (κ3) is 1.16. The average Bonchev–Trinajstić information content (AvgIpc) is 2.13. The van der Waals surface area contributed by atoms with E-state index in [1.54, 1.807) is 7.05 Å². The summed E-state index contributed by atoms with van der Waals surface area (Å²) in [6.07, 6.45) is 0. The molecule has 0 amide bonds. The van der Waals surface area contributed by atoms with Crippen LogP contribution in [0.4, 0.5) is 0 Å². The minimum absolute atomic E-state index is 0.0435. The van der Waals surface area contributed by atoms with Gasteiger partial charge in [0, 0.05) is 7.05 Å². The van der Waals surface area contributed by atoms with Crippen molar-refractivity contribution >= 4 is 16.9 Å². The van der Waals surface area contributed by atoms with E-state index in [1.165, 1.54) is 4.68 Å². The second-order valence-electron chi connectivity index (χ2n) is 2.08. The van der Waals surface area contributed by atoms with Crippen molar-refractivity contribution in [2.24, 2.45) is 7.05 Å². The highest BCUT2D eigenvalue weighted by Gasteiger charge is 2.01. The van der Waals surface area contributed by atoms with E-state index in [1.807, 2.05) is 6.92 Å². The largest absolute Gasteiger partial charge is 0.325 e. The second kappa shape index (κ2) is 2.38. The van der Waals surface area contributed by atoms with Crippen molar-refractivity contribution in [1.82, 2.24) is 9.78 Å². The first-order valence-corrected chi connectivity index (χ1v) is 3.63. The first-order chi connectivity index (χ1) is 4.61. The highest BCUT2D eigenvalue weighted by atomic mass is 32.1. The lowest BCUT2D eigenvalue weighted by atomic mass is 10.4. The van der Waals surface area contributed by atoms with Crippen LogP contribution in [0.15, 0.2) is 11.4 Å². The van der Waals surface area contributed by atoms with E-state index in [2.05, 4.69) is 11.7 Å². The molecule has 0 radical (unpaired) electrons. The standard InChI is InChI=1S/C6H8N2OS/c1-4(2)5-7-8(3)6(9)10-5/h1H2,2-3H3. The summed E-state index contributed by atoms with van der Waals surface area (Å²) < 4.78 is 1.31. The zero-order valence-electron chi connectivity index (χ0n) is 5.92.